The van der Waals surface area contributed by atoms with E-state index in [1.54, 1.807) is 17.5 Å². The molecule has 0 atom stereocenters. The number of rotatable bonds is 5. The van der Waals surface area contributed by atoms with E-state index in [0.29, 0.717) is 18.1 Å². The summed E-state index contributed by atoms with van der Waals surface area (Å²) >= 11 is 1.70. The summed E-state index contributed by atoms with van der Waals surface area (Å²) < 4.78 is 0. The molecule has 3 rings (SSSR count). The molecule has 2 aromatic heterocycles. The second kappa shape index (κ2) is 6.99. The second-order valence-electron chi connectivity index (χ2n) is 4.92. The van der Waals surface area contributed by atoms with Crippen LogP contribution in [0.15, 0.2) is 42.7 Å². The zero-order valence-electron chi connectivity index (χ0n) is 12.7. The molecule has 1 N–H and O–H groups in total. The van der Waals surface area contributed by atoms with Gasteiger partial charge in [0.1, 0.15) is 6.07 Å². The highest BCUT2D eigenvalue weighted by Gasteiger charge is 2.10. The molecule has 2 heterocycles. The zero-order chi connectivity index (χ0) is 16.1. The van der Waals surface area contributed by atoms with Crippen LogP contribution in [-0.2, 0) is 6.42 Å². The molecule has 0 amide bonds. The molecule has 23 heavy (non-hydrogen) atoms. The Morgan fingerprint density at radius 1 is 1.17 bits per heavy atom. The van der Waals surface area contributed by atoms with Gasteiger partial charge in [-0.15, -0.1) is 11.3 Å². The Morgan fingerprint density at radius 3 is 2.74 bits per heavy atom. The van der Waals surface area contributed by atoms with E-state index in [9.17, 15) is 0 Å². The van der Waals surface area contributed by atoms with Gasteiger partial charge in [-0.2, -0.15) is 5.26 Å². The van der Waals surface area contributed by atoms with Crippen molar-refractivity contribution in [2.45, 2.75) is 13.3 Å². The Morgan fingerprint density at radius 2 is 1.96 bits per heavy atom. The van der Waals surface area contributed by atoms with Crippen molar-refractivity contribution >= 4 is 17.2 Å². The maximum atomic E-state index is 9.00. The normalized spacial score (nSPS) is 10.3. The molecule has 0 bridgehead atoms. The van der Waals surface area contributed by atoms with Gasteiger partial charge in [0.15, 0.2) is 11.5 Å². The molecular weight excluding hydrogens is 306 g/mol. The molecule has 3 aromatic rings. The quantitative estimate of drug-likeness (QED) is 0.779. The third-order valence-corrected chi connectivity index (χ3v) is 4.35. The lowest BCUT2D eigenvalue weighted by Gasteiger charge is -2.04. The molecule has 0 unspecified atom stereocenters. The summed E-state index contributed by atoms with van der Waals surface area (Å²) in [6.45, 7) is 2.75. The first kappa shape index (κ1) is 15.1. The highest BCUT2D eigenvalue weighted by Crippen LogP contribution is 2.27. The van der Waals surface area contributed by atoms with E-state index in [0.717, 1.165) is 22.7 Å². The Kier molecular flexibility index (Phi) is 4.60. The fraction of sp³-hybridized carbons (Fsp3) is 0.176. The van der Waals surface area contributed by atoms with Crippen LogP contribution in [0, 0.1) is 18.3 Å². The van der Waals surface area contributed by atoms with Gasteiger partial charge in [0, 0.05) is 35.8 Å². The van der Waals surface area contributed by atoms with Crippen molar-refractivity contribution in [3.63, 3.8) is 0 Å². The molecule has 0 aliphatic rings. The van der Waals surface area contributed by atoms with Crippen LogP contribution in [0.3, 0.4) is 0 Å². The van der Waals surface area contributed by atoms with Crippen molar-refractivity contribution < 1.29 is 0 Å². The molecule has 0 aliphatic heterocycles. The fourth-order valence-corrected chi connectivity index (χ4v) is 3.21. The highest BCUT2D eigenvalue weighted by atomic mass is 32.1. The van der Waals surface area contributed by atoms with E-state index in [-0.39, 0.29) is 0 Å². The van der Waals surface area contributed by atoms with Gasteiger partial charge >= 0.3 is 0 Å². The third kappa shape index (κ3) is 3.52. The van der Waals surface area contributed by atoms with E-state index in [4.69, 9.17) is 10.2 Å². The Bertz CT molecular complexity index is 836. The molecule has 114 valence electrons. The fourth-order valence-electron chi connectivity index (χ4n) is 2.26. The van der Waals surface area contributed by atoms with Gasteiger partial charge in [0.25, 0.3) is 0 Å². The third-order valence-electron chi connectivity index (χ3n) is 3.32. The maximum Gasteiger partial charge on any atom is 0.182 e. The molecule has 5 nitrogen and oxygen atoms in total. The number of nitrogens with one attached hydrogen (secondary N) is 1. The van der Waals surface area contributed by atoms with Crippen LogP contribution < -0.4 is 5.32 Å². The van der Waals surface area contributed by atoms with Gasteiger partial charge in [0.2, 0.25) is 0 Å². The minimum Gasteiger partial charge on any atom is -0.367 e. The summed E-state index contributed by atoms with van der Waals surface area (Å²) in [5, 5.41) is 13.2. The first-order chi connectivity index (χ1) is 11.3. The minimum atomic E-state index is 0.313. The van der Waals surface area contributed by atoms with Crippen LogP contribution in [0.1, 0.15) is 15.6 Å². The predicted molar refractivity (Wildman–Crippen MR) is 91.2 cm³/mol. The van der Waals surface area contributed by atoms with E-state index >= 15 is 0 Å². The summed E-state index contributed by atoms with van der Waals surface area (Å²) in [5.41, 5.74) is 2.50. The van der Waals surface area contributed by atoms with Gasteiger partial charge in [0.05, 0.1) is 10.7 Å². The number of aromatic nitrogens is 3. The second-order valence-corrected chi connectivity index (χ2v) is 6.21. The first-order valence-corrected chi connectivity index (χ1v) is 8.06. The number of nitriles is 1. The van der Waals surface area contributed by atoms with Crippen molar-refractivity contribution in [2.24, 2.45) is 0 Å². The number of anilines is 1. The molecular formula is C17H15N5S. The summed E-state index contributed by atoms with van der Waals surface area (Å²) in [6.07, 6.45) is 3.87. The number of thiazole rings is 1. The molecule has 1 aromatic carbocycles. The van der Waals surface area contributed by atoms with Gasteiger partial charge in [-0.05, 0) is 6.92 Å². The number of benzene rings is 1. The summed E-state index contributed by atoms with van der Waals surface area (Å²) in [6, 6.07) is 12.2. The zero-order valence-corrected chi connectivity index (χ0v) is 13.5. The van der Waals surface area contributed by atoms with Gasteiger partial charge in [-0.1, -0.05) is 30.3 Å². The largest absolute Gasteiger partial charge is 0.367 e. The van der Waals surface area contributed by atoms with E-state index in [1.165, 1.54) is 11.1 Å². The first-order valence-electron chi connectivity index (χ1n) is 7.24. The molecule has 0 fully saturated rings. The predicted octanol–water partition coefficient (Wildman–Crippen LogP) is 3.43. The van der Waals surface area contributed by atoms with Crippen LogP contribution >= 0.6 is 11.3 Å². The average Bonchev–Trinajstić information content (AvgIpc) is 2.97. The van der Waals surface area contributed by atoms with Gasteiger partial charge in [-0.3, -0.25) is 0 Å². The van der Waals surface area contributed by atoms with Crippen molar-refractivity contribution in [3.05, 3.63) is 58.3 Å². The highest BCUT2D eigenvalue weighted by molar-refractivity contribution is 7.12. The Hall–Kier alpha value is -2.78. The van der Waals surface area contributed by atoms with Crippen molar-refractivity contribution in [2.75, 3.05) is 11.9 Å². The Balaban J connectivity index is 1.67. The average molecular weight is 321 g/mol. The van der Waals surface area contributed by atoms with Crippen LogP contribution in [-0.4, -0.2) is 21.5 Å². The molecule has 0 radical (unpaired) electrons. The molecule has 0 saturated carbocycles. The minimum absolute atomic E-state index is 0.313. The summed E-state index contributed by atoms with van der Waals surface area (Å²) in [7, 11) is 0. The lowest BCUT2D eigenvalue weighted by Crippen LogP contribution is -2.08. The number of hydrogen-bond donors (Lipinski definition) is 1. The van der Waals surface area contributed by atoms with E-state index in [1.807, 2.05) is 24.3 Å². The van der Waals surface area contributed by atoms with Gasteiger partial charge in [-0.25, -0.2) is 15.0 Å². The summed E-state index contributed by atoms with van der Waals surface area (Å²) in [4.78, 5) is 14.1. The van der Waals surface area contributed by atoms with Crippen LogP contribution in [0.5, 0.6) is 0 Å². The van der Waals surface area contributed by atoms with Crippen molar-refractivity contribution in [1.82, 2.24) is 15.0 Å². The number of hydrogen-bond acceptors (Lipinski definition) is 6. The van der Waals surface area contributed by atoms with E-state index in [2.05, 4.69) is 34.3 Å². The molecule has 0 spiro atoms. The maximum absolute atomic E-state index is 9.00. The number of aryl methyl sites for hydroxylation is 1. The van der Waals surface area contributed by atoms with Crippen molar-refractivity contribution in [1.29, 1.82) is 5.26 Å². The molecule has 6 heteroatoms. The Labute approximate surface area is 138 Å². The summed E-state index contributed by atoms with van der Waals surface area (Å²) in [5.74, 6) is 0.520. The molecule has 0 aliphatic carbocycles. The van der Waals surface area contributed by atoms with Gasteiger partial charge < -0.3 is 5.32 Å². The van der Waals surface area contributed by atoms with Crippen LogP contribution in [0.2, 0.25) is 0 Å². The lowest BCUT2D eigenvalue weighted by molar-refractivity contribution is 0.980. The van der Waals surface area contributed by atoms with Crippen LogP contribution in [0.4, 0.5) is 5.82 Å². The van der Waals surface area contributed by atoms with Crippen molar-refractivity contribution in [3.8, 4) is 17.3 Å². The lowest BCUT2D eigenvalue weighted by atomic mass is 10.1. The number of nitrogens with zero attached hydrogens (tertiary/aromatic N) is 4. The SMILES string of the molecule is Cc1sc(CCNc2nccnc2C#N)nc1-c1ccccc1. The monoisotopic (exact) mass is 321 g/mol. The standard InChI is InChI=1S/C17H15N5S/c1-12-16(13-5-3-2-4-6-13)22-15(23-12)7-8-20-17-14(11-18)19-9-10-21-17/h2-6,9-10H,7-8H2,1H3,(H,20,21). The van der Waals surface area contributed by atoms with E-state index < -0.39 is 0 Å². The van der Waals surface area contributed by atoms with Crippen LogP contribution in [0.25, 0.3) is 11.3 Å². The molecule has 0 saturated heterocycles. The smallest absolute Gasteiger partial charge is 0.182 e. The topological polar surface area (TPSA) is 74.5 Å².